The van der Waals surface area contributed by atoms with Crippen molar-refractivity contribution in [3.8, 4) is 0 Å². The van der Waals surface area contributed by atoms with E-state index in [0.717, 1.165) is 25.7 Å². The van der Waals surface area contributed by atoms with Gasteiger partial charge < -0.3 is 5.11 Å². The topological polar surface area (TPSA) is 54.4 Å². The van der Waals surface area contributed by atoms with E-state index in [9.17, 15) is 14.7 Å². The summed E-state index contributed by atoms with van der Waals surface area (Å²) < 4.78 is 0. The SMILES string of the molecule is CC(C)[C@@H](C)/C=C/[C@@H](C)[C@H]1CC[C@]2(O)[C@@H]3C(=O)CC[C@@]4(C)[C@@H]3C(=O)C[C@]23[C@@H]4CC[C@]13C. The van der Waals surface area contributed by atoms with Gasteiger partial charge >= 0.3 is 0 Å². The average Bonchev–Trinajstić information content (AvgIpc) is 3.02. The Morgan fingerprint density at radius 3 is 2.32 bits per heavy atom. The summed E-state index contributed by atoms with van der Waals surface area (Å²) in [4.78, 5) is 26.8. The minimum Gasteiger partial charge on any atom is -0.388 e. The van der Waals surface area contributed by atoms with Crippen LogP contribution >= 0.6 is 0 Å². The summed E-state index contributed by atoms with van der Waals surface area (Å²) in [5, 5.41) is 12.4. The number of carbonyl (C=O) groups excluding carboxylic acids is 2. The molecule has 0 heterocycles. The summed E-state index contributed by atoms with van der Waals surface area (Å²) in [6, 6.07) is 0. The lowest BCUT2D eigenvalue weighted by molar-refractivity contribution is -0.312. The van der Waals surface area contributed by atoms with Gasteiger partial charge in [0.2, 0.25) is 0 Å². The third kappa shape index (κ3) is 2.35. The van der Waals surface area contributed by atoms with E-state index in [1.165, 1.54) is 0 Å². The van der Waals surface area contributed by atoms with Gasteiger partial charge in [-0.25, -0.2) is 0 Å². The van der Waals surface area contributed by atoms with Gasteiger partial charge in [-0.1, -0.05) is 53.7 Å². The number of hydrogen-bond acceptors (Lipinski definition) is 3. The quantitative estimate of drug-likeness (QED) is 0.595. The van der Waals surface area contributed by atoms with Gasteiger partial charge in [0.15, 0.2) is 0 Å². The number of hydrogen-bond donors (Lipinski definition) is 1. The molecule has 1 N–H and O–H groups in total. The van der Waals surface area contributed by atoms with Gasteiger partial charge in [0.05, 0.1) is 11.5 Å². The van der Waals surface area contributed by atoms with Crippen LogP contribution in [0.1, 0.15) is 86.5 Å². The molecule has 3 nitrogen and oxygen atoms in total. The maximum absolute atomic E-state index is 13.6. The van der Waals surface area contributed by atoms with E-state index in [2.05, 4.69) is 53.7 Å². The minimum absolute atomic E-state index is 0.0896. The Morgan fingerprint density at radius 2 is 1.65 bits per heavy atom. The zero-order chi connectivity index (χ0) is 22.6. The molecule has 0 saturated heterocycles. The van der Waals surface area contributed by atoms with E-state index in [1.807, 2.05) is 0 Å². The molecule has 31 heavy (non-hydrogen) atoms. The number of allylic oxidation sites excluding steroid dienone is 2. The van der Waals surface area contributed by atoms with Crippen molar-refractivity contribution < 1.29 is 14.7 Å². The highest BCUT2D eigenvalue weighted by Crippen LogP contribution is 2.83. The van der Waals surface area contributed by atoms with E-state index in [-0.39, 0.29) is 28.3 Å². The molecule has 6 rings (SSSR count). The molecule has 0 aromatic rings. The summed E-state index contributed by atoms with van der Waals surface area (Å²) in [6.07, 6.45) is 10.5. The molecule has 4 bridgehead atoms. The van der Waals surface area contributed by atoms with Crippen LogP contribution in [-0.2, 0) is 9.59 Å². The maximum atomic E-state index is 13.6. The predicted molar refractivity (Wildman–Crippen MR) is 122 cm³/mol. The number of aliphatic hydroxyl groups is 1. The first-order chi connectivity index (χ1) is 14.4. The molecule has 10 atom stereocenters. The molecule has 6 aliphatic carbocycles. The lowest BCUT2D eigenvalue weighted by Crippen LogP contribution is -2.80. The van der Waals surface area contributed by atoms with Crippen LogP contribution in [0.25, 0.3) is 0 Å². The molecule has 6 fully saturated rings. The lowest BCUT2D eigenvalue weighted by Gasteiger charge is -2.76. The van der Waals surface area contributed by atoms with Gasteiger partial charge in [0.25, 0.3) is 0 Å². The molecule has 0 aromatic heterocycles. The lowest BCUT2D eigenvalue weighted by atomic mass is 9.28. The van der Waals surface area contributed by atoms with Crippen molar-refractivity contribution in [2.75, 3.05) is 0 Å². The van der Waals surface area contributed by atoms with Gasteiger partial charge in [0.1, 0.15) is 11.6 Å². The van der Waals surface area contributed by atoms with Crippen LogP contribution in [0.5, 0.6) is 0 Å². The van der Waals surface area contributed by atoms with Crippen molar-refractivity contribution in [3.05, 3.63) is 12.2 Å². The fraction of sp³-hybridized carbons (Fsp3) is 0.857. The zero-order valence-electron chi connectivity index (χ0n) is 20.4. The Kier molecular flexibility index (Phi) is 4.62. The highest BCUT2D eigenvalue weighted by Gasteiger charge is 2.84. The third-order valence-corrected chi connectivity index (χ3v) is 11.8. The Labute approximate surface area is 188 Å². The summed E-state index contributed by atoms with van der Waals surface area (Å²) >= 11 is 0. The molecule has 6 saturated carbocycles. The highest BCUT2D eigenvalue weighted by atomic mass is 16.3. The minimum atomic E-state index is -0.982. The molecule has 0 aromatic carbocycles. The monoisotopic (exact) mass is 426 g/mol. The summed E-state index contributed by atoms with van der Waals surface area (Å²) in [6.45, 7) is 13.9. The summed E-state index contributed by atoms with van der Waals surface area (Å²) in [7, 11) is 0. The van der Waals surface area contributed by atoms with E-state index in [1.54, 1.807) is 0 Å². The van der Waals surface area contributed by atoms with Crippen LogP contribution in [0.2, 0.25) is 0 Å². The van der Waals surface area contributed by atoms with Crippen LogP contribution in [0, 0.1) is 57.7 Å². The Bertz CT molecular complexity index is 843. The average molecular weight is 427 g/mol. The second kappa shape index (κ2) is 6.55. The molecular formula is C28H42O3. The van der Waals surface area contributed by atoms with Gasteiger partial charge in [-0.2, -0.15) is 0 Å². The van der Waals surface area contributed by atoms with Crippen molar-refractivity contribution in [2.45, 2.75) is 92.1 Å². The van der Waals surface area contributed by atoms with Crippen LogP contribution in [0.3, 0.4) is 0 Å². The first-order valence-corrected chi connectivity index (χ1v) is 12.9. The van der Waals surface area contributed by atoms with E-state index >= 15 is 0 Å². The second-order valence-corrected chi connectivity index (χ2v) is 13.0. The van der Waals surface area contributed by atoms with Crippen LogP contribution in [0.15, 0.2) is 12.2 Å². The summed E-state index contributed by atoms with van der Waals surface area (Å²) in [5.41, 5.74) is -1.60. The number of fused-ring (bicyclic) bond motifs is 1. The Balaban J connectivity index is 1.61. The molecule has 3 heteroatoms. The van der Waals surface area contributed by atoms with Crippen LogP contribution in [-0.4, -0.2) is 22.3 Å². The standard InChI is InChI=1S/C28H42O3/c1-16(2)17(3)7-8-18(4)19-9-14-28(31)24-20(29)10-12-25(5)22-11-13-26(19,6)27(22,28)15-21(30)23(24)25/h7-8,16-19,22-24,31H,9-15H2,1-6H3/b8-7+/t17-,18+,19+,22+,23+,24+,25+,26+,27+,28-/m0/s1. The Hall–Kier alpha value is -0.960. The zero-order valence-corrected chi connectivity index (χ0v) is 20.4. The third-order valence-electron chi connectivity index (χ3n) is 11.8. The summed E-state index contributed by atoms with van der Waals surface area (Å²) in [5.74, 6) is 2.18. The van der Waals surface area contributed by atoms with Gasteiger partial charge in [-0.05, 0) is 72.5 Å². The van der Waals surface area contributed by atoms with Crippen LogP contribution in [0.4, 0.5) is 0 Å². The van der Waals surface area contributed by atoms with E-state index < -0.39 is 16.9 Å². The maximum Gasteiger partial charge on any atom is 0.139 e. The van der Waals surface area contributed by atoms with Gasteiger partial charge in [0, 0.05) is 24.2 Å². The Morgan fingerprint density at radius 1 is 0.935 bits per heavy atom. The van der Waals surface area contributed by atoms with Crippen molar-refractivity contribution in [1.82, 2.24) is 0 Å². The highest BCUT2D eigenvalue weighted by molar-refractivity contribution is 5.96. The molecule has 1 spiro atoms. The fourth-order valence-electron chi connectivity index (χ4n) is 10.0. The van der Waals surface area contributed by atoms with E-state index in [4.69, 9.17) is 0 Å². The second-order valence-electron chi connectivity index (χ2n) is 13.0. The molecule has 0 aliphatic heterocycles. The molecular weight excluding hydrogens is 384 g/mol. The number of Topliss-reactive ketones (excluding diaryl/α,β-unsaturated/α-hetero) is 2. The van der Waals surface area contributed by atoms with Gasteiger partial charge in [-0.3, -0.25) is 9.59 Å². The number of rotatable bonds is 4. The normalized spacial score (nSPS) is 52.6. The van der Waals surface area contributed by atoms with Gasteiger partial charge in [-0.15, -0.1) is 0 Å². The number of carbonyl (C=O) groups is 2. The number of ketones is 2. The smallest absolute Gasteiger partial charge is 0.139 e. The fourth-order valence-corrected chi connectivity index (χ4v) is 10.0. The first kappa shape index (κ1) is 21.9. The molecule has 0 amide bonds. The predicted octanol–water partition coefficient (Wildman–Crippen LogP) is 5.60. The molecule has 6 aliphatic rings. The molecule has 0 unspecified atom stereocenters. The molecule has 0 radical (unpaired) electrons. The first-order valence-electron chi connectivity index (χ1n) is 12.9. The molecule has 172 valence electrons. The van der Waals surface area contributed by atoms with Crippen molar-refractivity contribution in [2.24, 2.45) is 57.7 Å². The van der Waals surface area contributed by atoms with Crippen LogP contribution < -0.4 is 0 Å². The van der Waals surface area contributed by atoms with Crippen molar-refractivity contribution in [3.63, 3.8) is 0 Å². The van der Waals surface area contributed by atoms with Crippen molar-refractivity contribution >= 4 is 11.6 Å². The van der Waals surface area contributed by atoms with Crippen molar-refractivity contribution in [1.29, 1.82) is 0 Å². The van der Waals surface area contributed by atoms with E-state index in [0.29, 0.717) is 48.9 Å². The largest absolute Gasteiger partial charge is 0.388 e.